The van der Waals surface area contributed by atoms with Crippen molar-refractivity contribution in [2.24, 2.45) is 0 Å². The summed E-state index contributed by atoms with van der Waals surface area (Å²) in [5, 5.41) is 2.88. The predicted molar refractivity (Wildman–Crippen MR) is 77.0 cm³/mol. The molecule has 0 heterocycles. The highest BCUT2D eigenvalue weighted by atomic mass is 32.1. The molecule has 100 valence electrons. The summed E-state index contributed by atoms with van der Waals surface area (Å²) in [7, 11) is 0. The van der Waals surface area contributed by atoms with Gasteiger partial charge in [-0.25, -0.2) is 4.79 Å². The zero-order valence-electron chi connectivity index (χ0n) is 11.1. The van der Waals surface area contributed by atoms with Crippen molar-refractivity contribution in [2.75, 3.05) is 5.75 Å². The summed E-state index contributed by atoms with van der Waals surface area (Å²) in [5.74, 6) is 0.704. The van der Waals surface area contributed by atoms with Crippen molar-refractivity contribution in [3.8, 4) is 0 Å². The van der Waals surface area contributed by atoms with Crippen LogP contribution in [0.3, 0.4) is 0 Å². The number of carbonyl (C=O) groups excluding carboxylic acids is 1. The van der Waals surface area contributed by atoms with E-state index in [-0.39, 0.29) is 6.04 Å². The molecule has 0 radical (unpaired) electrons. The molecule has 0 bridgehead atoms. The van der Waals surface area contributed by atoms with Gasteiger partial charge in [0.05, 0.1) is 6.04 Å². The van der Waals surface area contributed by atoms with E-state index in [2.05, 4.69) is 17.9 Å². The summed E-state index contributed by atoms with van der Waals surface area (Å²) in [4.78, 5) is 11.8. The van der Waals surface area contributed by atoms with Crippen LogP contribution in [-0.2, 0) is 4.74 Å². The molecule has 1 aromatic rings. The van der Waals surface area contributed by atoms with E-state index >= 15 is 0 Å². The monoisotopic (exact) mass is 267 g/mol. The molecule has 1 amide bonds. The first-order valence-electron chi connectivity index (χ1n) is 6.07. The molecule has 1 aromatic carbocycles. The Balaban J connectivity index is 2.67. The second-order valence-corrected chi connectivity index (χ2v) is 5.57. The molecule has 3 nitrogen and oxygen atoms in total. The Bertz CT molecular complexity index is 373. The number of rotatable bonds is 4. The third-order valence-electron chi connectivity index (χ3n) is 2.31. The van der Waals surface area contributed by atoms with Crippen molar-refractivity contribution in [3.05, 3.63) is 35.9 Å². The molecule has 0 aliphatic heterocycles. The van der Waals surface area contributed by atoms with E-state index in [1.165, 1.54) is 0 Å². The lowest BCUT2D eigenvalue weighted by Crippen LogP contribution is -2.35. The highest BCUT2D eigenvalue weighted by molar-refractivity contribution is 7.80. The smallest absolute Gasteiger partial charge is 0.408 e. The fourth-order valence-electron chi connectivity index (χ4n) is 1.59. The quantitative estimate of drug-likeness (QED) is 0.818. The zero-order chi connectivity index (χ0) is 13.6. The molecular formula is C14H21NO2S. The lowest BCUT2D eigenvalue weighted by Gasteiger charge is -2.23. The van der Waals surface area contributed by atoms with Crippen molar-refractivity contribution in [2.45, 2.75) is 38.8 Å². The normalized spacial score (nSPS) is 12.9. The lowest BCUT2D eigenvalue weighted by atomic mass is 10.1. The molecule has 0 saturated carbocycles. The number of amides is 1. The number of carbonyl (C=O) groups is 1. The van der Waals surface area contributed by atoms with Crippen molar-refractivity contribution in [1.29, 1.82) is 0 Å². The molecular weight excluding hydrogens is 246 g/mol. The fourth-order valence-corrected chi connectivity index (χ4v) is 1.84. The van der Waals surface area contributed by atoms with Crippen LogP contribution in [0.25, 0.3) is 0 Å². The van der Waals surface area contributed by atoms with Crippen LogP contribution < -0.4 is 5.32 Å². The van der Waals surface area contributed by atoms with Crippen molar-refractivity contribution in [3.63, 3.8) is 0 Å². The van der Waals surface area contributed by atoms with Crippen molar-refractivity contribution >= 4 is 18.7 Å². The van der Waals surface area contributed by atoms with Crippen LogP contribution in [0.1, 0.15) is 38.8 Å². The molecule has 0 spiro atoms. The van der Waals surface area contributed by atoms with Gasteiger partial charge in [-0.15, -0.1) is 0 Å². The van der Waals surface area contributed by atoms with Crippen LogP contribution in [0.4, 0.5) is 4.79 Å². The molecule has 1 rings (SSSR count). The first kappa shape index (κ1) is 14.9. The number of nitrogens with one attached hydrogen (secondary N) is 1. The average Bonchev–Trinajstić information content (AvgIpc) is 2.27. The Morgan fingerprint density at radius 2 is 1.94 bits per heavy atom. The van der Waals surface area contributed by atoms with E-state index in [1.54, 1.807) is 0 Å². The number of hydrogen-bond donors (Lipinski definition) is 2. The number of benzene rings is 1. The first-order valence-corrected chi connectivity index (χ1v) is 6.71. The Morgan fingerprint density at radius 1 is 1.33 bits per heavy atom. The maximum absolute atomic E-state index is 11.8. The van der Waals surface area contributed by atoms with E-state index in [0.29, 0.717) is 5.75 Å². The van der Waals surface area contributed by atoms with Crippen molar-refractivity contribution < 1.29 is 9.53 Å². The third-order valence-corrected chi connectivity index (χ3v) is 2.57. The van der Waals surface area contributed by atoms with Gasteiger partial charge in [-0.05, 0) is 38.5 Å². The summed E-state index contributed by atoms with van der Waals surface area (Å²) in [6.45, 7) is 5.55. The maximum Gasteiger partial charge on any atom is 0.408 e. The van der Waals surface area contributed by atoms with E-state index in [4.69, 9.17) is 4.74 Å². The van der Waals surface area contributed by atoms with Crippen LogP contribution in [-0.4, -0.2) is 17.4 Å². The molecule has 0 aromatic heterocycles. The minimum absolute atomic E-state index is 0.0569. The highest BCUT2D eigenvalue weighted by Gasteiger charge is 2.19. The molecule has 1 unspecified atom stereocenters. The molecule has 1 atom stereocenters. The van der Waals surface area contributed by atoms with Gasteiger partial charge in [0, 0.05) is 0 Å². The molecule has 0 aliphatic rings. The largest absolute Gasteiger partial charge is 0.444 e. The van der Waals surface area contributed by atoms with E-state index < -0.39 is 11.7 Å². The van der Waals surface area contributed by atoms with Gasteiger partial charge in [0.25, 0.3) is 0 Å². The first-order chi connectivity index (χ1) is 8.42. The molecule has 18 heavy (non-hydrogen) atoms. The van der Waals surface area contributed by atoms with E-state index in [9.17, 15) is 4.79 Å². The average molecular weight is 267 g/mol. The standard InChI is InChI=1S/C14H21NO2S/c1-14(2,3)17-13(16)15-12(9-10-18)11-7-5-4-6-8-11/h4-8,12,18H,9-10H2,1-3H3,(H,15,16). The zero-order valence-corrected chi connectivity index (χ0v) is 12.0. The Labute approximate surface area is 114 Å². The molecule has 0 fully saturated rings. The third kappa shape index (κ3) is 5.45. The number of alkyl carbamates (subject to hydrolysis) is 1. The topological polar surface area (TPSA) is 38.3 Å². The fraction of sp³-hybridized carbons (Fsp3) is 0.500. The SMILES string of the molecule is CC(C)(C)OC(=O)NC(CCS)c1ccccc1. The number of hydrogen-bond acceptors (Lipinski definition) is 3. The number of thiol groups is 1. The van der Waals surface area contributed by atoms with Crippen LogP contribution in [0.2, 0.25) is 0 Å². The molecule has 1 N–H and O–H groups in total. The molecule has 0 aliphatic carbocycles. The lowest BCUT2D eigenvalue weighted by molar-refractivity contribution is 0.0502. The second kappa shape index (κ2) is 6.69. The van der Waals surface area contributed by atoms with E-state index in [1.807, 2.05) is 51.1 Å². The highest BCUT2D eigenvalue weighted by Crippen LogP contribution is 2.18. The summed E-state index contributed by atoms with van der Waals surface area (Å²) in [6, 6.07) is 9.79. The van der Waals surface area contributed by atoms with Gasteiger partial charge in [0.2, 0.25) is 0 Å². The minimum atomic E-state index is -0.480. The van der Waals surface area contributed by atoms with Crippen LogP contribution in [0, 0.1) is 0 Å². The summed E-state index contributed by atoms with van der Waals surface area (Å²) >= 11 is 4.23. The Morgan fingerprint density at radius 3 is 2.44 bits per heavy atom. The van der Waals surface area contributed by atoms with Gasteiger partial charge in [-0.3, -0.25) is 0 Å². The van der Waals surface area contributed by atoms with E-state index in [0.717, 1.165) is 12.0 Å². The van der Waals surface area contributed by atoms with Gasteiger partial charge in [-0.1, -0.05) is 30.3 Å². The van der Waals surface area contributed by atoms with Crippen LogP contribution in [0.15, 0.2) is 30.3 Å². The Kier molecular flexibility index (Phi) is 5.54. The summed E-state index contributed by atoms with van der Waals surface area (Å²) in [6.07, 6.45) is 0.380. The second-order valence-electron chi connectivity index (χ2n) is 5.12. The molecule has 4 heteroatoms. The predicted octanol–water partition coefficient (Wildman–Crippen LogP) is 3.57. The van der Waals surface area contributed by atoms with Crippen LogP contribution >= 0.6 is 12.6 Å². The minimum Gasteiger partial charge on any atom is -0.444 e. The van der Waals surface area contributed by atoms with Gasteiger partial charge in [0.1, 0.15) is 5.60 Å². The van der Waals surface area contributed by atoms with Crippen molar-refractivity contribution in [1.82, 2.24) is 5.32 Å². The van der Waals surface area contributed by atoms with Gasteiger partial charge < -0.3 is 10.1 Å². The van der Waals surface area contributed by atoms with Gasteiger partial charge in [0.15, 0.2) is 0 Å². The van der Waals surface area contributed by atoms with Gasteiger partial charge >= 0.3 is 6.09 Å². The number of ether oxygens (including phenoxy) is 1. The summed E-state index contributed by atoms with van der Waals surface area (Å²) in [5.41, 5.74) is 0.587. The van der Waals surface area contributed by atoms with Gasteiger partial charge in [-0.2, -0.15) is 12.6 Å². The maximum atomic E-state index is 11.8. The Hall–Kier alpha value is -1.16. The molecule has 0 saturated heterocycles. The summed E-state index contributed by atoms with van der Waals surface area (Å²) < 4.78 is 5.26. The van der Waals surface area contributed by atoms with Crippen LogP contribution in [0.5, 0.6) is 0 Å².